The number of alkyl halides is 1. The van der Waals surface area contributed by atoms with Crippen molar-refractivity contribution in [1.29, 1.82) is 0 Å². The van der Waals surface area contributed by atoms with E-state index in [4.69, 9.17) is 18.5 Å². The van der Waals surface area contributed by atoms with Gasteiger partial charge in [0.05, 0.1) is 18.8 Å². The maximum absolute atomic E-state index is 15.5. The third-order valence-electron chi connectivity index (χ3n) is 6.26. The van der Waals surface area contributed by atoms with Crippen molar-refractivity contribution >= 4 is 13.7 Å². The summed E-state index contributed by atoms with van der Waals surface area (Å²) in [5.74, 6) is 5.56. The van der Waals surface area contributed by atoms with E-state index in [1.54, 1.807) is 38.1 Å². The van der Waals surface area contributed by atoms with Crippen molar-refractivity contribution in [1.82, 2.24) is 14.6 Å². The Morgan fingerprint density at radius 2 is 1.77 bits per heavy atom. The first-order valence-electron chi connectivity index (χ1n) is 13.6. The highest BCUT2D eigenvalue weighted by Gasteiger charge is 2.48. The highest BCUT2D eigenvalue weighted by Crippen LogP contribution is 2.47. The van der Waals surface area contributed by atoms with Gasteiger partial charge < -0.3 is 14.0 Å². The van der Waals surface area contributed by atoms with Gasteiger partial charge in [-0.25, -0.2) is 13.8 Å². The van der Waals surface area contributed by atoms with Crippen molar-refractivity contribution < 1.29 is 32.3 Å². The zero-order valence-electron chi connectivity index (χ0n) is 24.1. The Morgan fingerprint density at radius 1 is 1.12 bits per heavy atom. The minimum absolute atomic E-state index is 0.158. The predicted molar refractivity (Wildman–Crippen MR) is 156 cm³/mol. The second kappa shape index (κ2) is 13.5. The van der Waals surface area contributed by atoms with Gasteiger partial charge in [0.25, 0.3) is 5.56 Å². The molecule has 0 bridgehead atoms. The quantitative estimate of drug-likeness (QED) is 0.197. The van der Waals surface area contributed by atoms with Crippen LogP contribution in [-0.4, -0.2) is 46.0 Å². The molecular weight excluding hydrogens is 580 g/mol. The van der Waals surface area contributed by atoms with E-state index in [2.05, 4.69) is 21.9 Å². The third kappa shape index (κ3) is 8.75. The molecule has 0 aliphatic carbocycles. The molecule has 11 nitrogen and oxygen atoms in total. The number of benzene rings is 2. The normalized spacial score (nSPS) is 21.8. The predicted octanol–water partition coefficient (Wildman–Crippen LogP) is 4.09. The summed E-state index contributed by atoms with van der Waals surface area (Å²) in [6.07, 6.45) is -1.82. The average Bonchev–Trinajstić information content (AvgIpc) is 3.25. The number of nitrogens with one attached hydrogen (secondary N) is 2. The summed E-state index contributed by atoms with van der Waals surface area (Å²) in [5.41, 5.74) is -1.98. The van der Waals surface area contributed by atoms with Gasteiger partial charge in [-0.2, -0.15) is 5.09 Å². The fraction of sp³-hybridized carbons (Fsp3) is 0.367. The maximum Gasteiger partial charge on any atom is 0.459 e. The molecule has 2 heterocycles. The lowest BCUT2D eigenvalue weighted by atomic mass is 10.0. The van der Waals surface area contributed by atoms with Crippen LogP contribution in [0.5, 0.6) is 5.75 Å². The SMILES string of the molecule is CC(C)OC(=O)[C@H](C)NP(=O)(OC[C@@H]1C[C@@](C)(F)[C@H](n2ccc(=O)[nH]c2=O)O1)Oc1ccc(C#Cc2ccccc2)cc1. The molecule has 13 heteroatoms. The van der Waals surface area contributed by atoms with E-state index >= 15 is 4.39 Å². The molecule has 0 saturated carbocycles. The number of carbonyl (C=O) groups excluding carboxylic acids is 1. The highest BCUT2D eigenvalue weighted by molar-refractivity contribution is 7.52. The molecule has 0 radical (unpaired) electrons. The third-order valence-corrected chi connectivity index (χ3v) is 7.90. The molecule has 228 valence electrons. The highest BCUT2D eigenvalue weighted by atomic mass is 31.2. The van der Waals surface area contributed by atoms with Crippen LogP contribution in [0.1, 0.15) is 51.5 Å². The average molecular weight is 614 g/mol. The van der Waals surface area contributed by atoms with Gasteiger partial charge in [-0.1, -0.05) is 30.0 Å². The smallest absolute Gasteiger partial charge is 0.459 e. The molecule has 1 fully saturated rings. The molecule has 1 unspecified atom stereocenters. The molecular formula is C30H33FN3O8P. The van der Waals surface area contributed by atoms with Crippen molar-refractivity contribution in [2.45, 2.75) is 64.3 Å². The number of aromatic nitrogens is 2. The number of aromatic amines is 1. The summed E-state index contributed by atoms with van der Waals surface area (Å²) in [4.78, 5) is 38.2. The van der Waals surface area contributed by atoms with Crippen molar-refractivity contribution in [3.8, 4) is 17.6 Å². The molecule has 0 spiro atoms. The van der Waals surface area contributed by atoms with E-state index in [0.29, 0.717) is 5.56 Å². The Kier molecular flexibility index (Phi) is 10.0. The van der Waals surface area contributed by atoms with Crippen LogP contribution in [0.25, 0.3) is 0 Å². The van der Waals surface area contributed by atoms with Gasteiger partial charge in [-0.3, -0.25) is 23.7 Å². The second-order valence-corrected chi connectivity index (χ2v) is 12.2. The monoisotopic (exact) mass is 613 g/mol. The first kappa shape index (κ1) is 31.9. The number of H-pyrrole nitrogens is 1. The molecule has 0 amide bonds. The van der Waals surface area contributed by atoms with Gasteiger partial charge in [-0.15, -0.1) is 0 Å². The van der Waals surface area contributed by atoms with Gasteiger partial charge in [0, 0.05) is 29.8 Å². The van der Waals surface area contributed by atoms with Gasteiger partial charge >= 0.3 is 19.4 Å². The van der Waals surface area contributed by atoms with Gasteiger partial charge in [-0.05, 0) is 64.1 Å². The maximum atomic E-state index is 15.5. The zero-order valence-corrected chi connectivity index (χ0v) is 25.0. The number of carbonyl (C=O) groups is 1. The summed E-state index contributed by atoms with van der Waals surface area (Å²) in [6.45, 7) is 5.63. The molecule has 1 aliphatic heterocycles. The van der Waals surface area contributed by atoms with Crippen LogP contribution in [0.2, 0.25) is 0 Å². The number of nitrogens with zero attached hydrogens (tertiary/aromatic N) is 1. The minimum atomic E-state index is -4.28. The first-order chi connectivity index (χ1) is 20.3. The van der Waals surface area contributed by atoms with Gasteiger partial charge in [0.2, 0.25) is 0 Å². The van der Waals surface area contributed by atoms with Crippen LogP contribution in [0.3, 0.4) is 0 Å². The van der Waals surface area contributed by atoms with E-state index in [0.717, 1.165) is 22.4 Å². The van der Waals surface area contributed by atoms with Crippen LogP contribution in [0, 0.1) is 11.8 Å². The number of rotatable bonds is 10. The molecule has 2 aromatic carbocycles. The van der Waals surface area contributed by atoms with E-state index < -0.39 is 61.7 Å². The van der Waals surface area contributed by atoms with Gasteiger partial charge in [0.1, 0.15) is 11.8 Å². The summed E-state index contributed by atoms with van der Waals surface area (Å²) in [6, 6.07) is 15.9. The van der Waals surface area contributed by atoms with E-state index in [-0.39, 0.29) is 12.2 Å². The van der Waals surface area contributed by atoms with E-state index in [9.17, 15) is 18.9 Å². The Morgan fingerprint density at radius 3 is 2.40 bits per heavy atom. The second-order valence-electron chi connectivity index (χ2n) is 10.5. The molecule has 2 N–H and O–H groups in total. The molecule has 1 aromatic heterocycles. The topological polar surface area (TPSA) is 138 Å². The van der Waals surface area contributed by atoms with Crippen molar-refractivity contribution in [2.24, 2.45) is 0 Å². The van der Waals surface area contributed by atoms with Crippen molar-refractivity contribution in [2.75, 3.05) is 6.61 Å². The molecule has 1 saturated heterocycles. The summed E-state index contributed by atoms with van der Waals surface area (Å²) in [5, 5.41) is 2.58. The number of hydrogen-bond acceptors (Lipinski definition) is 8. The van der Waals surface area contributed by atoms with E-state index in [1.165, 1.54) is 13.8 Å². The molecule has 1 aliphatic rings. The summed E-state index contributed by atoms with van der Waals surface area (Å²) >= 11 is 0. The van der Waals surface area contributed by atoms with Crippen LogP contribution < -0.4 is 20.9 Å². The lowest BCUT2D eigenvalue weighted by molar-refractivity contribution is -0.149. The van der Waals surface area contributed by atoms with Crippen molar-refractivity contribution in [3.63, 3.8) is 0 Å². The lowest BCUT2D eigenvalue weighted by Gasteiger charge is -2.24. The van der Waals surface area contributed by atoms with Crippen molar-refractivity contribution in [3.05, 3.63) is 98.8 Å². The number of esters is 1. The molecule has 3 aromatic rings. The summed E-state index contributed by atoms with van der Waals surface area (Å²) in [7, 11) is -4.28. The summed E-state index contributed by atoms with van der Waals surface area (Å²) < 4.78 is 52.6. The zero-order chi connectivity index (χ0) is 31.2. The number of ether oxygens (including phenoxy) is 2. The van der Waals surface area contributed by atoms with Crippen LogP contribution in [-0.2, 0) is 23.4 Å². The van der Waals surface area contributed by atoms with Crippen LogP contribution >= 0.6 is 7.75 Å². The Hall–Kier alpha value is -4.01. The van der Waals surface area contributed by atoms with Crippen LogP contribution in [0.15, 0.2) is 76.4 Å². The fourth-order valence-corrected chi connectivity index (χ4v) is 5.80. The number of hydrogen-bond donors (Lipinski definition) is 2. The minimum Gasteiger partial charge on any atom is -0.462 e. The molecule has 4 rings (SSSR count). The Labute approximate surface area is 247 Å². The van der Waals surface area contributed by atoms with E-state index in [1.807, 2.05) is 30.3 Å². The van der Waals surface area contributed by atoms with Gasteiger partial charge in [0.15, 0.2) is 11.9 Å². The molecule has 5 atom stereocenters. The molecule has 43 heavy (non-hydrogen) atoms. The Bertz CT molecular complexity index is 1640. The largest absolute Gasteiger partial charge is 0.462 e. The van der Waals surface area contributed by atoms with Crippen LogP contribution in [0.4, 0.5) is 4.39 Å². The standard InChI is InChI=1S/C30H33FN3O8P/c1-20(2)40-27(36)21(3)33-43(38,42-24-14-12-23(13-15-24)11-10-22-8-6-5-7-9-22)39-19-25-18-30(4,31)28(41-25)34-17-16-26(35)32-29(34)37/h5-9,12-17,20-21,25,28H,18-19H2,1-4H3,(H,33,38)(H,32,35,37)/t21-,25-,28+,30+,43?/m0/s1. The first-order valence-corrected chi connectivity index (χ1v) is 15.1. The lowest BCUT2D eigenvalue weighted by Crippen LogP contribution is -2.38. The Balaban J connectivity index is 1.50. The number of halogens is 1. The fourth-order valence-electron chi connectivity index (χ4n) is 4.28.